The third-order valence-corrected chi connectivity index (χ3v) is 12.7. The molecule has 0 aliphatic heterocycles. The van der Waals surface area contributed by atoms with Gasteiger partial charge in [0.1, 0.15) is 18.0 Å². The van der Waals surface area contributed by atoms with Crippen LogP contribution < -0.4 is 4.74 Å². The lowest BCUT2D eigenvalue weighted by atomic mass is 10.0. The summed E-state index contributed by atoms with van der Waals surface area (Å²) in [5.41, 5.74) is 3.67. The van der Waals surface area contributed by atoms with Gasteiger partial charge in [0.25, 0.3) is 0 Å². The number of rotatable bonds is 14. The third kappa shape index (κ3) is 8.42. The van der Waals surface area contributed by atoms with Crippen molar-refractivity contribution in [3.63, 3.8) is 0 Å². The van der Waals surface area contributed by atoms with Crippen LogP contribution in [0, 0.1) is 0 Å². The molecule has 0 radical (unpaired) electrons. The van der Waals surface area contributed by atoms with Gasteiger partial charge in [0.05, 0.1) is 20.3 Å². The molecule has 0 amide bonds. The first-order chi connectivity index (χ1) is 15.5. The highest BCUT2D eigenvalue weighted by Crippen LogP contribution is 2.46. The van der Waals surface area contributed by atoms with E-state index in [1.54, 1.807) is 7.11 Å². The minimum absolute atomic E-state index is 0.0836. The zero-order chi connectivity index (χ0) is 25.2. The Morgan fingerprint density at radius 1 is 0.970 bits per heavy atom. The lowest BCUT2D eigenvalue weighted by Crippen LogP contribution is -2.48. The van der Waals surface area contributed by atoms with E-state index in [2.05, 4.69) is 64.5 Å². The van der Waals surface area contributed by atoms with Crippen LogP contribution in [0.25, 0.3) is 0 Å². The molecule has 1 unspecified atom stereocenters. The number of ketones is 1. The SMILES string of the molecule is COC(=O)CC(=O)CC/C(C)=C\CC(O[Si](C(C)C)(C(C)C)C(C)C)c1cccc(OC)c1. The van der Waals surface area contributed by atoms with Gasteiger partial charge in [-0.05, 0) is 54.1 Å². The van der Waals surface area contributed by atoms with Crippen LogP contribution in [0.15, 0.2) is 35.9 Å². The molecule has 186 valence electrons. The van der Waals surface area contributed by atoms with E-state index in [0.717, 1.165) is 23.3 Å². The molecule has 0 bridgehead atoms. The highest BCUT2D eigenvalue weighted by Gasteiger charge is 2.46. The lowest BCUT2D eigenvalue weighted by Gasteiger charge is -2.44. The molecule has 0 aromatic heterocycles. The van der Waals surface area contributed by atoms with Crippen LogP contribution in [-0.4, -0.2) is 34.3 Å². The number of carbonyl (C=O) groups excluding carboxylic acids is 2. The third-order valence-electron chi connectivity index (χ3n) is 6.57. The Labute approximate surface area is 202 Å². The number of carbonyl (C=O) groups is 2. The Hall–Kier alpha value is -1.92. The molecule has 5 nitrogen and oxygen atoms in total. The molecule has 1 rings (SSSR count). The fourth-order valence-corrected chi connectivity index (χ4v) is 10.4. The summed E-state index contributed by atoms with van der Waals surface area (Å²) in [5, 5.41) is 0. The Balaban J connectivity index is 3.15. The van der Waals surface area contributed by atoms with E-state index in [-0.39, 0.29) is 18.3 Å². The van der Waals surface area contributed by atoms with Gasteiger partial charge in [-0.2, -0.15) is 0 Å². The molecule has 0 N–H and O–H groups in total. The summed E-state index contributed by atoms with van der Waals surface area (Å²) in [6.07, 6.45) is 3.62. The smallest absolute Gasteiger partial charge is 0.313 e. The van der Waals surface area contributed by atoms with Crippen molar-refractivity contribution in [2.75, 3.05) is 14.2 Å². The van der Waals surface area contributed by atoms with Crippen LogP contribution in [-0.2, 0) is 18.8 Å². The molecule has 33 heavy (non-hydrogen) atoms. The fraction of sp³-hybridized carbons (Fsp3) is 0.630. The summed E-state index contributed by atoms with van der Waals surface area (Å²) in [7, 11) is 0.873. The maximum absolute atomic E-state index is 12.0. The van der Waals surface area contributed by atoms with Crippen LogP contribution in [0.4, 0.5) is 0 Å². The summed E-state index contributed by atoms with van der Waals surface area (Å²) in [6, 6.07) is 8.13. The molecular formula is C27H44O5Si. The number of esters is 1. The van der Waals surface area contributed by atoms with Gasteiger partial charge in [0.2, 0.25) is 8.32 Å². The van der Waals surface area contributed by atoms with Gasteiger partial charge in [-0.15, -0.1) is 0 Å². The number of methoxy groups -OCH3 is 2. The highest BCUT2D eigenvalue weighted by molar-refractivity contribution is 6.77. The lowest BCUT2D eigenvalue weighted by molar-refractivity contribution is -0.143. The molecule has 1 aromatic carbocycles. The minimum Gasteiger partial charge on any atom is -0.497 e. The average molecular weight is 477 g/mol. The second-order valence-electron chi connectivity index (χ2n) is 9.78. The van der Waals surface area contributed by atoms with Crippen molar-refractivity contribution in [2.45, 2.75) is 96.9 Å². The van der Waals surface area contributed by atoms with Crippen molar-refractivity contribution in [1.29, 1.82) is 0 Å². The van der Waals surface area contributed by atoms with Crippen molar-refractivity contribution in [2.24, 2.45) is 0 Å². The average Bonchev–Trinajstić information content (AvgIpc) is 2.76. The number of allylic oxidation sites excluding steroid dienone is 1. The van der Waals surface area contributed by atoms with Gasteiger partial charge in [-0.3, -0.25) is 9.59 Å². The predicted molar refractivity (Wildman–Crippen MR) is 137 cm³/mol. The molecule has 1 atom stereocenters. The first-order valence-electron chi connectivity index (χ1n) is 12.0. The standard InChI is InChI=1S/C27H44O5Si/c1-19(2)33(20(3)4,21(5)6)32-26(23-11-10-12-25(17-23)30-8)16-14-22(7)13-15-24(28)18-27(29)31-9/h10-12,14,17,19-21,26H,13,15-16,18H2,1-9H3/b22-14-. The number of benzene rings is 1. The molecule has 6 heteroatoms. The summed E-state index contributed by atoms with van der Waals surface area (Å²) >= 11 is 0. The van der Waals surface area contributed by atoms with Crippen molar-refractivity contribution in [3.05, 3.63) is 41.5 Å². The molecule has 0 spiro atoms. The molecule has 1 aromatic rings. The second kappa shape index (κ2) is 13.7. The number of hydrogen-bond donors (Lipinski definition) is 0. The van der Waals surface area contributed by atoms with Gasteiger partial charge in [-0.25, -0.2) is 0 Å². The van der Waals surface area contributed by atoms with E-state index < -0.39 is 14.3 Å². The van der Waals surface area contributed by atoms with Crippen LogP contribution in [0.1, 0.15) is 85.8 Å². The summed E-state index contributed by atoms with van der Waals surface area (Å²) < 4.78 is 17.2. The van der Waals surface area contributed by atoms with E-state index in [4.69, 9.17) is 9.16 Å². The molecule has 0 aliphatic carbocycles. The quantitative estimate of drug-likeness (QED) is 0.123. The number of ether oxygens (including phenoxy) is 2. The topological polar surface area (TPSA) is 61.8 Å². The largest absolute Gasteiger partial charge is 0.497 e. The van der Waals surface area contributed by atoms with E-state index in [1.165, 1.54) is 7.11 Å². The monoisotopic (exact) mass is 476 g/mol. The van der Waals surface area contributed by atoms with Gasteiger partial charge in [0.15, 0.2) is 0 Å². The summed E-state index contributed by atoms with van der Waals surface area (Å²) in [5.74, 6) is 0.243. The van der Waals surface area contributed by atoms with Gasteiger partial charge in [0, 0.05) is 6.42 Å². The van der Waals surface area contributed by atoms with E-state index in [0.29, 0.717) is 29.5 Å². The molecule has 0 saturated carbocycles. The minimum atomic E-state index is -2.11. The van der Waals surface area contributed by atoms with Crippen LogP contribution in [0.2, 0.25) is 16.6 Å². The maximum Gasteiger partial charge on any atom is 0.313 e. The maximum atomic E-state index is 12.0. The van der Waals surface area contributed by atoms with Gasteiger partial charge >= 0.3 is 5.97 Å². The molecular weight excluding hydrogens is 432 g/mol. The molecule has 0 saturated heterocycles. The Morgan fingerprint density at radius 2 is 1.58 bits per heavy atom. The first kappa shape index (κ1) is 29.1. The zero-order valence-corrected chi connectivity index (χ0v) is 23.1. The van der Waals surface area contributed by atoms with E-state index >= 15 is 0 Å². The number of hydrogen-bond acceptors (Lipinski definition) is 5. The van der Waals surface area contributed by atoms with E-state index in [1.807, 2.05) is 19.1 Å². The Morgan fingerprint density at radius 3 is 2.09 bits per heavy atom. The van der Waals surface area contributed by atoms with Crippen molar-refractivity contribution < 1.29 is 23.5 Å². The van der Waals surface area contributed by atoms with Crippen LogP contribution >= 0.6 is 0 Å². The predicted octanol–water partition coefficient (Wildman–Crippen LogP) is 7.18. The molecule has 0 heterocycles. The van der Waals surface area contributed by atoms with Gasteiger partial charge < -0.3 is 13.9 Å². The normalized spacial score (nSPS) is 13.5. The summed E-state index contributed by atoms with van der Waals surface area (Å²) in [4.78, 5) is 23.3. The van der Waals surface area contributed by atoms with Crippen molar-refractivity contribution in [1.82, 2.24) is 0 Å². The summed E-state index contributed by atoms with van der Waals surface area (Å²) in [6.45, 7) is 15.8. The van der Waals surface area contributed by atoms with Crippen LogP contribution in [0.3, 0.4) is 0 Å². The Kier molecular flexibility index (Phi) is 12.1. The zero-order valence-electron chi connectivity index (χ0n) is 22.1. The van der Waals surface area contributed by atoms with Crippen LogP contribution in [0.5, 0.6) is 5.75 Å². The fourth-order valence-electron chi connectivity index (χ4n) is 4.82. The molecule has 0 aliphatic rings. The van der Waals surface area contributed by atoms with Gasteiger partial charge in [-0.1, -0.05) is 65.3 Å². The Bertz CT molecular complexity index is 776. The van der Waals surface area contributed by atoms with Crippen molar-refractivity contribution in [3.8, 4) is 5.75 Å². The number of Topliss-reactive ketones (excluding diaryl/α,β-unsaturated/α-hetero) is 1. The first-order valence-corrected chi connectivity index (χ1v) is 14.2. The second-order valence-corrected chi connectivity index (χ2v) is 15.2. The van der Waals surface area contributed by atoms with Crippen molar-refractivity contribution >= 4 is 20.1 Å². The molecule has 0 fully saturated rings. The highest BCUT2D eigenvalue weighted by atomic mass is 28.4. The van der Waals surface area contributed by atoms with E-state index in [9.17, 15) is 9.59 Å².